The summed E-state index contributed by atoms with van der Waals surface area (Å²) >= 11 is 1.49. The fourth-order valence-electron chi connectivity index (χ4n) is 0.239. The van der Waals surface area contributed by atoms with Crippen molar-refractivity contribution in [1.82, 2.24) is 4.90 Å². The molecule has 0 aliphatic carbocycles. The van der Waals surface area contributed by atoms with Crippen molar-refractivity contribution in [3.8, 4) is 12.3 Å². The molecular weight excluding hydrogens is 233 g/mol. The fraction of sp³-hybridized carbons (Fsp3) is 0.200. The second kappa shape index (κ2) is 4.32. The summed E-state index contributed by atoms with van der Waals surface area (Å²) in [4.78, 5) is 21.2. The van der Waals surface area contributed by atoms with Gasteiger partial charge in [0.25, 0.3) is 3.91 Å². The molecule has 4 heteroatoms. The highest BCUT2D eigenvalue weighted by molar-refractivity contribution is 14.1. The summed E-state index contributed by atoms with van der Waals surface area (Å²) in [5, 5.41) is 0. The van der Waals surface area contributed by atoms with E-state index < -0.39 is 0 Å². The molecule has 0 N–H and O–H groups in total. The van der Waals surface area contributed by atoms with Crippen LogP contribution in [0.3, 0.4) is 0 Å². The van der Waals surface area contributed by atoms with Crippen LogP contribution in [0.4, 0.5) is 4.79 Å². The van der Waals surface area contributed by atoms with Gasteiger partial charge in [0, 0.05) is 22.6 Å². The molecule has 0 atom stereocenters. The number of nitrogens with zero attached hydrogens (tertiary/aromatic N) is 1. The van der Waals surface area contributed by atoms with Gasteiger partial charge in [0.15, 0.2) is 0 Å². The molecule has 0 radical (unpaired) electrons. The Morgan fingerprint density at radius 3 is 2.56 bits per heavy atom. The molecule has 3 nitrogen and oxygen atoms in total. The second-order valence-electron chi connectivity index (χ2n) is 1.19. The highest BCUT2D eigenvalue weighted by atomic mass is 127. The second-order valence-corrected chi connectivity index (χ2v) is 2.11. The molecule has 0 rings (SSSR count). The van der Waals surface area contributed by atoms with Crippen LogP contribution in [0.15, 0.2) is 0 Å². The van der Waals surface area contributed by atoms with Crippen molar-refractivity contribution in [2.75, 3.05) is 6.54 Å². The summed E-state index contributed by atoms with van der Waals surface area (Å²) < 4.78 is -0.361. The molecule has 0 aliphatic rings. The van der Waals surface area contributed by atoms with E-state index in [1.165, 1.54) is 22.6 Å². The molecule has 0 aromatic heterocycles. The Morgan fingerprint density at radius 1 is 1.89 bits per heavy atom. The number of rotatable bonds is 2. The Hall–Kier alpha value is -0.570. The lowest BCUT2D eigenvalue weighted by Gasteiger charge is -2.04. The number of amides is 2. The fourth-order valence-corrected chi connectivity index (χ4v) is 0.523. The zero-order chi connectivity index (χ0) is 7.28. The van der Waals surface area contributed by atoms with Crippen LogP contribution in [-0.4, -0.2) is 21.8 Å². The first-order valence-corrected chi connectivity index (χ1v) is 3.15. The van der Waals surface area contributed by atoms with Gasteiger partial charge in [-0.15, -0.1) is 6.42 Å². The maximum Gasteiger partial charge on any atom is 0.290 e. The van der Waals surface area contributed by atoms with Crippen molar-refractivity contribution >= 4 is 32.9 Å². The number of imide groups is 1. The third kappa shape index (κ3) is 3.08. The lowest BCUT2D eigenvalue weighted by molar-refractivity contribution is -0.114. The lowest BCUT2D eigenvalue weighted by Crippen LogP contribution is -2.23. The van der Waals surface area contributed by atoms with Crippen molar-refractivity contribution in [3.05, 3.63) is 0 Å². The smallest absolute Gasteiger partial charge is 0.278 e. The quantitative estimate of drug-likeness (QED) is 0.232. The molecule has 0 spiro atoms. The number of terminal acetylenes is 1. The monoisotopic (exact) mass is 237 g/mol. The van der Waals surface area contributed by atoms with Gasteiger partial charge < -0.3 is 0 Å². The molecule has 0 saturated carbocycles. The average Bonchev–Trinajstić information content (AvgIpc) is 1.82. The zero-order valence-electron chi connectivity index (χ0n) is 4.50. The summed E-state index contributed by atoms with van der Waals surface area (Å²) in [5.41, 5.74) is 0. The van der Waals surface area contributed by atoms with Gasteiger partial charge in [0.1, 0.15) is 0 Å². The highest BCUT2D eigenvalue weighted by Gasteiger charge is 2.04. The summed E-state index contributed by atoms with van der Waals surface area (Å²) in [6.07, 6.45) is 5.25. The third-order valence-electron chi connectivity index (χ3n) is 0.615. The van der Waals surface area contributed by atoms with E-state index in [0.29, 0.717) is 6.41 Å². The van der Waals surface area contributed by atoms with Crippen molar-refractivity contribution in [2.24, 2.45) is 0 Å². The number of carbonyl (C=O) groups is 2. The summed E-state index contributed by atoms with van der Waals surface area (Å²) in [7, 11) is 0. The number of halogens is 1. The maximum atomic E-state index is 10.4. The average molecular weight is 237 g/mol. The summed E-state index contributed by atoms with van der Waals surface area (Å²) in [6, 6.07) is 0. The Labute approximate surface area is 66.5 Å². The Morgan fingerprint density at radius 2 is 2.44 bits per heavy atom. The van der Waals surface area contributed by atoms with Crippen LogP contribution in [0.2, 0.25) is 0 Å². The van der Waals surface area contributed by atoms with Crippen LogP contribution in [0, 0.1) is 12.3 Å². The van der Waals surface area contributed by atoms with Crippen LogP contribution in [0.5, 0.6) is 0 Å². The molecule has 0 saturated heterocycles. The van der Waals surface area contributed by atoms with Gasteiger partial charge in [0.05, 0.1) is 6.54 Å². The molecule has 48 valence electrons. The molecule has 0 aromatic rings. The van der Waals surface area contributed by atoms with Gasteiger partial charge in [-0.2, -0.15) is 0 Å². The zero-order valence-corrected chi connectivity index (χ0v) is 6.66. The van der Waals surface area contributed by atoms with E-state index in [1.54, 1.807) is 0 Å². The van der Waals surface area contributed by atoms with Crippen LogP contribution in [0.1, 0.15) is 0 Å². The van der Waals surface area contributed by atoms with E-state index in [0.717, 1.165) is 4.90 Å². The van der Waals surface area contributed by atoms with Gasteiger partial charge in [-0.1, -0.05) is 5.92 Å². The molecule has 0 unspecified atom stereocenters. The van der Waals surface area contributed by atoms with E-state index in [1.807, 2.05) is 0 Å². The number of hydrogen-bond donors (Lipinski definition) is 0. The lowest BCUT2D eigenvalue weighted by atomic mass is 10.6. The maximum absolute atomic E-state index is 10.4. The van der Waals surface area contributed by atoms with Gasteiger partial charge in [-0.3, -0.25) is 14.5 Å². The highest BCUT2D eigenvalue weighted by Crippen LogP contribution is 1.93. The van der Waals surface area contributed by atoms with Crippen LogP contribution >= 0.6 is 22.6 Å². The largest absolute Gasteiger partial charge is 0.290 e. The predicted molar refractivity (Wildman–Crippen MR) is 41.0 cm³/mol. The minimum absolute atomic E-state index is 0.0469. The van der Waals surface area contributed by atoms with E-state index in [2.05, 4.69) is 5.92 Å². The molecule has 0 aliphatic heterocycles. The molecule has 0 heterocycles. The number of carbonyl (C=O) groups excluding carboxylic acids is 2. The van der Waals surface area contributed by atoms with E-state index >= 15 is 0 Å². The first-order valence-electron chi connectivity index (χ1n) is 2.07. The number of hydrogen-bond acceptors (Lipinski definition) is 2. The first kappa shape index (κ1) is 8.43. The molecule has 9 heavy (non-hydrogen) atoms. The Kier molecular flexibility index (Phi) is 4.05. The normalized spacial score (nSPS) is 7.56. The van der Waals surface area contributed by atoms with Crippen molar-refractivity contribution in [2.45, 2.75) is 0 Å². The third-order valence-corrected chi connectivity index (χ3v) is 1.23. The SMILES string of the molecule is C#CCN(C=O)C(=O)I. The van der Waals surface area contributed by atoms with Crippen molar-refractivity contribution in [1.29, 1.82) is 0 Å². The minimum atomic E-state index is -0.361. The molecule has 2 amide bonds. The van der Waals surface area contributed by atoms with Gasteiger partial charge >= 0.3 is 0 Å². The summed E-state index contributed by atoms with van der Waals surface area (Å²) in [6.45, 7) is 0.0469. The standard InChI is InChI=1S/C5H4INO2/c1-2-3-7(4-8)5(6)9/h1,4H,3H2. The molecule has 0 aromatic carbocycles. The van der Waals surface area contributed by atoms with Crippen LogP contribution in [-0.2, 0) is 4.79 Å². The van der Waals surface area contributed by atoms with E-state index in [4.69, 9.17) is 6.42 Å². The minimum Gasteiger partial charge on any atom is -0.278 e. The van der Waals surface area contributed by atoms with Crippen LogP contribution < -0.4 is 0 Å². The topological polar surface area (TPSA) is 37.4 Å². The summed E-state index contributed by atoms with van der Waals surface area (Å²) in [5.74, 6) is 2.17. The Balaban J connectivity index is 3.86. The van der Waals surface area contributed by atoms with Crippen molar-refractivity contribution < 1.29 is 9.59 Å². The van der Waals surface area contributed by atoms with Crippen LogP contribution in [0.25, 0.3) is 0 Å². The molecular formula is C5H4INO2. The van der Waals surface area contributed by atoms with Gasteiger partial charge in [-0.05, 0) is 0 Å². The van der Waals surface area contributed by atoms with E-state index in [-0.39, 0.29) is 10.5 Å². The Bertz CT molecular complexity index is 161. The van der Waals surface area contributed by atoms with Gasteiger partial charge in [-0.25, -0.2) is 0 Å². The predicted octanol–water partition coefficient (Wildman–Crippen LogP) is 0.633. The van der Waals surface area contributed by atoms with E-state index in [9.17, 15) is 9.59 Å². The molecule has 0 fully saturated rings. The van der Waals surface area contributed by atoms with Gasteiger partial charge in [0.2, 0.25) is 6.41 Å². The molecule has 0 bridgehead atoms. The first-order chi connectivity index (χ1) is 4.22. The van der Waals surface area contributed by atoms with Crippen molar-refractivity contribution in [3.63, 3.8) is 0 Å².